The van der Waals surface area contributed by atoms with E-state index in [0.29, 0.717) is 10.8 Å². The van der Waals surface area contributed by atoms with Crippen molar-refractivity contribution >= 4 is 0 Å². The minimum Gasteiger partial charge on any atom is -0.390 e. The summed E-state index contributed by atoms with van der Waals surface area (Å²) in [6.45, 7) is 14.3. The average Bonchev–Trinajstić information content (AvgIpc) is 2.79. The number of aliphatic hydroxyl groups is 1. The summed E-state index contributed by atoms with van der Waals surface area (Å²) >= 11 is 0. The van der Waals surface area contributed by atoms with E-state index in [1.807, 2.05) is 0 Å². The predicted octanol–water partition coefficient (Wildman–Crippen LogP) is 6.61. The lowest BCUT2D eigenvalue weighted by Crippen LogP contribution is -2.56. The van der Waals surface area contributed by atoms with E-state index in [1.165, 1.54) is 50.5 Å². The fraction of sp³-hybridized carbons (Fsp3) is 0.923. The van der Waals surface area contributed by atoms with E-state index >= 15 is 0 Å². The summed E-state index contributed by atoms with van der Waals surface area (Å²) in [5.74, 6) is 6.35. The van der Waals surface area contributed by atoms with Gasteiger partial charge in [-0.2, -0.15) is 0 Å². The molecule has 0 bridgehead atoms. The summed E-state index contributed by atoms with van der Waals surface area (Å²) in [5, 5.41) is 11.0. The van der Waals surface area contributed by atoms with Gasteiger partial charge in [-0.25, -0.2) is 0 Å². The minimum atomic E-state index is -0.363. The van der Waals surface area contributed by atoms with E-state index < -0.39 is 0 Å². The fourth-order valence-corrected chi connectivity index (χ4v) is 9.92. The minimum absolute atomic E-state index is 0.363. The molecule has 1 N–H and O–H groups in total. The summed E-state index contributed by atoms with van der Waals surface area (Å²) in [6, 6.07) is 0. The molecule has 0 heterocycles. The van der Waals surface area contributed by atoms with Crippen LogP contribution in [-0.2, 0) is 0 Å². The molecule has 5 aliphatic rings. The molecule has 0 saturated heterocycles. The lowest BCUT2D eigenvalue weighted by Gasteiger charge is -2.62. The Morgan fingerprint density at radius 1 is 0.926 bits per heavy atom. The van der Waals surface area contributed by atoms with Crippen LogP contribution in [0.2, 0.25) is 0 Å². The first-order valence-corrected chi connectivity index (χ1v) is 12.1. The zero-order valence-corrected chi connectivity index (χ0v) is 18.3. The number of allylic oxidation sites excluding steroid dienone is 1. The molecule has 0 radical (unpaired) electrons. The number of hydrogen-bond acceptors (Lipinski definition) is 1. The first-order valence-electron chi connectivity index (χ1n) is 12.1. The van der Waals surface area contributed by atoms with Gasteiger partial charge < -0.3 is 5.11 Å². The zero-order chi connectivity index (χ0) is 19.2. The molecule has 27 heavy (non-hydrogen) atoms. The third-order valence-corrected chi connectivity index (χ3v) is 11.3. The lowest BCUT2D eigenvalue weighted by molar-refractivity contribution is -0.155. The topological polar surface area (TPSA) is 20.2 Å². The van der Waals surface area contributed by atoms with Crippen molar-refractivity contribution in [3.63, 3.8) is 0 Å². The van der Waals surface area contributed by atoms with Crippen LogP contribution in [0.4, 0.5) is 0 Å². The normalized spacial score (nSPS) is 59.1. The largest absolute Gasteiger partial charge is 0.390 e. The van der Waals surface area contributed by atoms with Crippen molar-refractivity contribution in [2.45, 2.75) is 97.5 Å². The second-order valence-electron chi connectivity index (χ2n) is 12.1. The summed E-state index contributed by atoms with van der Waals surface area (Å²) in [5.41, 5.74) is 2.14. The van der Waals surface area contributed by atoms with Crippen LogP contribution in [-0.4, -0.2) is 10.7 Å². The Kier molecular flexibility index (Phi) is 4.07. The van der Waals surface area contributed by atoms with Gasteiger partial charge in [-0.15, -0.1) is 0 Å². The second-order valence-corrected chi connectivity index (χ2v) is 12.1. The van der Waals surface area contributed by atoms with Crippen molar-refractivity contribution in [2.75, 3.05) is 0 Å². The first kappa shape index (κ1) is 18.7. The Hall–Kier alpha value is -0.300. The molecule has 0 aromatic rings. The number of fused-ring (bicyclic) bond motifs is 7. The molecule has 0 amide bonds. The predicted molar refractivity (Wildman–Crippen MR) is 112 cm³/mol. The van der Waals surface area contributed by atoms with Crippen molar-refractivity contribution in [1.29, 1.82) is 0 Å². The van der Waals surface area contributed by atoms with E-state index in [2.05, 4.69) is 34.3 Å². The maximum absolute atomic E-state index is 11.0. The van der Waals surface area contributed by atoms with Crippen LogP contribution in [0.1, 0.15) is 91.9 Å². The molecule has 0 aromatic carbocycles. The quantitative estimate of drug-likeness (QED) is 0.542. The maximum atomic E-state index is 11.0. The van der Waals surface area contributed by atoms with Gasteiger partial charge in [-0.05, 0) is 123 Å². The smallest absolute Gasteiger partial charge is 0.0648 e. The van der Waals surface area contributed by atoms with Crippen LogP contribution in [0.3, 0.4) is 0 Å². The van der Waals surface area contributed by atoms with E-state index in [9.17, 15) is 5.11 Å². The molecule has 0 unspecified atom stereocenters. The molecule has 0 aliphatic heterocycles. The Labute approximate surface area is 167 Å². The molecule has 152 valence electrons. The van der Waals surface area contributed by atoms with E-state index in [-0.39, 0.29) is 5.60 Å². The van der Waals surface area contributed by atoms with Crippen LogP contribution in [0.25, 0.3) is 0 Å². The molecule has 5 fully saturated rings. The van der Waals surface area contributed by atoms with Gasteiger partial charge in [0.15, 0.2) is 0 Å². The average molecular weight is 371 g/mol. The molecule has 0 spiro atoms. The third-order valence-electron chi connectivity index (χ3n) is 11.3. The summed E-state index contributed by atoms with van der Waals surface area (Å²) < 4.78 is 0. The summed E-state index contributed by atoms with van der Waals surface area (Å²) in [7, 11) is 0. The van der Waals surface area contributed by atoms with Crippen LogP contribution >= 0.6 is 0 Å². The van der Waals surface area contributed by atoms with Gasteiger partial charge in [0, 0.05) is 0 Å². The summed E-state index contributed by atoms with van der Waals surface area (Å²) in [4.78, 5) is 0. The highest BCUT2D eigenvalue weighted by Crippen LogP contribution is 2.74. The molecular weight excluding hydrogens is 328 g/mol. The standard InChI is InChI=1S/C26H42O/c1-6-26(27)14-13-24(4)17(15-26)7-8-20-21(24)11-12-25(5)22(16(2)3)18-9-10-19(18)23(20)25/h17-23,27H,2,6-15H2,1,3-5H3/t17-,18+,19-,20+,21-,22-,23-,24-,25+,26-/m0/s1. The highest BCUT2D eigenvalue weighted by atomic mass is 16.3. The van der Waals surface area contributed by atoms with Crippen molar-refractivity contribution in [1.82, 2.24) is 0 Å². The second kappa shape index (κ2) is 5.87. The van der Waals surface area contributed by atoms with Gasteiger partial charge in [0.1, 0.15) is 0 Å². The first-order chi connectivity index (χ1) is 12.7. The Morgan fingerprint density at radius 2 is 1.63 bits per heavy atom. The molecule has 5 rings (SSSR count). The van der Waals surface area contributed by atoms with E-state index in [4.69, 9.17) is 0 Å². The fourth-order valence-electron chi connectivity index (χ4n) is 9.92. The molecule has 5 aliphatic carbocycles. The zero-order valence-electron chi connectivity index (χ0n) is 18.3. The van der Waals surface area contributed by atoms with Crippen molar-refractivity contribution < 1.29 is 5.11 Å². The van der Waals surface area contributed by atoms with E-state index in [1.54, 1.807) is 0 Å². The highest BCUT2D eigenvalue weighted by molar-refractivity contribution is 5.21. The monoisotopic (exact) mass is 370 g/mol. The van der Waals surface area contributed by atoms with Crippen molar-refractivity contribution in [2.24, 2.45) is 52.3 Å². The highest BCUT2D eigenvalue weighted by Gasteiger charge is 2.67. The Bertz CT molecular complexity index is 638. The van der Waals surface area contributed by atoms with Crippen LogP contribution in [0.5, 0.6) is 0 Å². The van der Waals surface area contributed by atoms with Crippen molar-refractivity contribution in [3.8, 4) is 0 Å². The van der Waals surface area contributed by atoms with Gasteiger partial charge >= 0.3 is 0 Å². The Morgan fingerprint density at radius 3 is 2.26 bits per heavy atom. The van der Waals surface area contributed by atoms with Gasteiger partial charge in [-0.1, -0.05) is 32.9 Å². The molecule has 0 aromatic heterocycles. The lowest BCUT2D eigenvalue weighted by atomic mass is 9.43. The SMILES string of the molecule is C=C(C)[C@H]1[C@@H]2CC[C@@H]2[C@H]2[C@@H]3CC[C@H]4C[C@](O)(CC)CC[C@]4(C)[C@H]3CC[C@@]21C. The number of hydrogen-bond donors (Lipinski definition) is 1. The van der Waals surface area contributed by atoms with E-state index in [0.717, 1.165) is 60.7 Å². The third kappa shape index (κ3) is 2.33. The van der Waals surface area contributed by atoms with Crippen LogP contribution in [0, 0.1) is 52.3 Å². The molecular formula is C26H42O. The van der Waals surface area contributed by atoms with Gasteiger partial charge in [0.25, 0.3) is 0 Å². The molecule has 10 atom stereocenters. The number of rotatable bonds is 2. The molecule has 1 nitrogen and oxygen atoms in total. The Balaban J connectivity index is 1.46. The molecule has 5 saturated carbocycles. The summed E-state index contributed by atoms with van der Waals surface area (Å²) in [6.07, 6.45) is 13.0. The van der Waals surface area contributed by atoms with Gasteiger partial charge in [0.2, 0.25) is 0 Å². The molecule has 1 heteroatoms. The van der Waals surface area contributed by atoms with Crippen molar-refractivity contribution in [3.05, 3.63) is 12.2 Å². The maximum Gasteiger partial charge on any atom is 0.0648 e. The van der Waals surface area contributed by atoms with Gasteiger partial charge in [-0.3, -0.25) is 0 Å². The van der Waals surface area contributed by atoms with Crippen LogP contribution in [0.15, 0.2) is 12.2 Å². The van der Waals surface area contributed by atoms with Gasteiger partial charge in [0.05, 0.1) is 5.60 Å². The van der Waals surface area contributed by atoms with Crippen LogP contribution < -0.4 is 0 Å².